The van der Waals surface area contributed by atoms with Crippen LogP contribution in [0.25, 0.3) is 0 Å². The lowest BCUT2D eigenvalue weighted by atomic mass is 9.79. The molecular weight excluding hydrogens is 611 g/mol. The lowest BCUT2D eigenvalue weighted by Crippen LogP contribution is -2.36. The molecule has 0 aromatic heterocycles. The molecule has 3 aromatic rings. The zero-order chi connectivity index (χ0) is 34.2. The number of ketones is 1. The van der Waals surface area contributed by atoms with Gasteiger partial charge in [-0.2, -0.15) is 5.26 Å². The molecule has 0 spiro atoms. The number of rotatable bonds is 21. The van der Waals surface area contributed by atoms with E-state index >= 15 is 0 Å². The molecule has 0 amide bonds. The number of Topliss-reactive ketones (excluding diaryl/α,β-unsaturated/α-hetero) is 1. The summed E-state index contributed by atoms with van der Waals surface area (Å²) in [5, 5.41) is 9.15. The maximum absolute atomic E-state index is 11.9. The summed E-state index contributed by atoms with van der Waals surface area (Å²) >= 11 is 0. The third-order valence-electron chi connectivity index (χ3n) is 7.93. The summed E-state index contributed by atoms with van der Waals surface area (Å²) in [5.41, 5.74) is 1.91. The van der Waals surface area contributed by atoms with Crippen LogP contribution in [-0.2, 0) is 24.2 Å². The maximum Gasteiger partial charge on any atom is 0.259 e. The highest BCUT2D eigenvalue weighted by Crippen LogP contribution is 2.47. The van der Waals surface area contributed by atoms with Crippen LogP contribution in [0.3, 0.4) is 0 Å². The summed E-state index contributed by atoms with van der Waals surface area (Å²) in [6, 6.07) is 28.7. The van der Waals surface area contributed by atoms with E-state index in [0.717, 1.165) is 41.0 Å². The maximum atomic E-state index is 11.9. The van der Waals surface area contributed by atoms with Crippen molar-refractivity contribution < 1.29 is 28.1 Å². The monoisotopic (exact) mass is 662 g/mol. The molecular formula is C38H51N2O6P. The first-order valence-corrected chi connectivity index (χ1v) is 17.5. The molecule has 0 saturated carbocycles. The Morgan fingerprint density at radius 1 is 0.809 bits per heavy atom. The van der Waals surface area contributed by atoms with E-state index in [4.69, 9.17) is 28.5 Å². The van der Waals surface area contributed by atoms with Gasteiger partial charge in [-0.3, -0.25) is 0 Å². The molecule has 8 nitrogen and oxygen atoms in total. The van der Waals surface area contributed by atoms with E-state index in [1.807, 2.05) is 66.7 Å². The van der Waals surface area contributed by atoms with Gasteiger partial charge in [0.25, 0.3) is 8.53 Å². The van der Waals surface area contributed by atoms with Crippen LogP contribution in [0, 0.1) is 17.2 Å². The first-order valence-electron chi connectivity index (χ1n) is 16.3. The number of hydrogen-bond acceptors (Lipinski definition) is 8. The zero-order valence-electron chi connectivity index (χ0n) is 29.0. The average molecular weight is 663 g/mol. The normalized spacial score (nSPS) is 13.0. The molecule has 0 aliphatic heterocycles. The largest absolute Gasteiger partial charge is 0.497 e. The molecule has 0 bridgehead atoms. The van der Waals surface area contributed by atoms with Gasteiger partial charge in [0.2, 0.25) is 0 Å². The first kappa shape index (κ1) is 38.1. The van der Waals surface area contributed by atoms with E-state index in [2.05, 4.69) is 50.6 Å². The van der Waals surface area contributed by atoms with E-state index in [0.29, 0.717) is 32.7 Å². The van der Waals surface area contributed by atoms with Crippen LogP contribution in [0.2, 0.25) is 0 Å². The van der Waals surface area contributed by atoms with Crippen molar-refractivity contribution in [3.8, 4) is 17.6 Å². The Morgan fingerprint density at radius 3 is 1.81 bits per heavy atom. The van der Waals surface area contributed by atoms with Crippen LogP contribution in [-0.4, -0.2) is 56.6 Å². The summed E-state index contributed by atoms with van der Waals surface area (Å²) < 4.78 is 33.2. The number of nitriles is 1. The Labute approximate surface area is 282 Å². The molecule has 0 N–H and O–H groups in total. The predicted molar refractivity (Wildman–Crippen MR) is 187 cm³/mol. The van der Waals surface area contributed by atoms with Gasteiger partial charge < -0.3 is 28.1 Å². The van der Waals surface area contributed by atoms with E-state index < -0.39 is 14.1 Å². The smallest absolute Gasteiger partial charge is 0.259 e. The van der Waals surface area contributed by atoms with Crippen LogP contribution in [0.1, 0.15) is 77.0 Å². The minimum absolute atomic E-state index is 0.0420. The lowest BCUT2D eigenvalue weighted by molar-refractivity contribution is -0.117. The van der Waals surface area contributed by atoms with E-state index in [1.54, 1.807) is 21.1 Å². The number of carbonyl (C=O) groups is 1. The number of ether oxygens (including phenoxy) is 3. The Morgan fingerprint density at radius 2 is 1.34 bits per heavy atom. The molecule has 0 heterocycles. The molecule has 47 heavy (non-hydrogen) atoms. The molecule has 3 aromatic carbocycles. The van der Waals surface area contributed by atoms with Crippen molar-refractivity contribution in [1.29, 1.82) is 5.26 Å². The number of hydrogen-bond donors (Lipinski definition) is 0. The number of methoxy groups -OCH3 is 2. The van der Waals surface area contributed by atoms with Crippen LogP contribution in [0.5, 0.6) is 11.5 Å². The van der Waals surface area contributed by atoms with Gasteiger partial charge in [0.1, 0.15) is 22.9 Å². The zero-order valence-corrected chi connectivity index (χ0v) is 29.9. The minimum atomic E-state index is -1.42. The van der Waals surface area contributed by atoms with Crippen molar-refractivity contribution in [3.63, 3.8) is 0 Å². The molecule has 0 aliphatic carbocycles. The molecule has 254 valence electrons. The van der Waals surface area contributed by atoms with Gasteiger partial charge in [-0.1, -0.05) is 54.6 Å². The van der Waals surface area contributed by atoms with E-state index in [-0.39, 0.29) is 23.8 Å². The third kappa shape index (κ3) is 10.9. The molecule has 2 atom stereocenters. The van der Waals surface area contributed by atoms with Gasteiger partial charge in [-0.25, -0.2) is 4.67 Å². The van der Waals surface area contributed by atoms with Crippen molar-refractivity contribution >= 4 is 14.3 Å². The molecule has 2 unspecified atom stereocenters. The number of carbonyl (C=O) groups excluding carboxylic acids is 1. The molecule has 3 rings (SSSR count). The molecule has 0 radical (unpaired) electrons. The highest BCUT2D eigenvalue weighted by Gasteiger charge is 2.39. The topological polar surface area (TPSA) is 90.2 Å². The highest BCUT2D eigenvalue weighted by atomic mass is 31.2. The Bertz CT molecular complexity index is 1320. The van der Waals surface area contributed by atoms with Crippen molar-refractivity contribution in [1.82, 2.24) is 4.67 Å². The van der Waals surface area contributed by atoms with Crippen LogP contribution in [0.4, 0.5) is 0 Å². The second-order valence-electron chi connectivity index (χ2n) is 12.1. The summed E-state index contributed by atoms with van der Waals surface area (Å²) in [6.45, 7) is 11.2. The summed E-state index contributed by atoms with van der Waals surface area (Å²) in [7, 11) is 1.89. The first-order chi connectivity index (χ1) is 22.7. The number of nitrogens with zero attached hydrogens (tertiary/aromatic N) is 2. The fourth-order valence-electron chi connectivity index (χ4n) is 5.65. The van der Waals surface area contributed by atoms with E-state index in [1.165, 1.54) is 0 Å². The molecule has 0 saturated heterocycles. The van der Waals surface area contributed by atoms with Crippen LogP contribution < -0.4 is 9.47 Å². The van der Waals surface area contributed by atoms with Gasteiger partial charge in [0.15, 0.2) is 0 Å². The second kappa shape index (κ2) is 19.5. The van der Waals surface area contributed by atoms with Gasteiger partial charge in [0.05, 0.1) is 46.5 Å². The Kier molecular flexibility index (Phi) is 15.8. The second-order valence-corrected chi connectivity index (χ2v) is 13.6. The van der Waals surface area contributed by atoms with Gasteiger partial charge in [-0.15, -0.1) is 0 Å². The van der Waals surface area contributed by atoms with Crippen molar-refractivity contribution in [2.24, 2.45) is 5.92 Å². The minimum Gasteiger partial charge on any atom is -0.497 e. The molecule has 0 aliphatic rings. The van der Waals surface area contributed by atoms with Crippen LogP contribution in [0.15, 0.2) is 78.9 Å². The van der Waals surface area contributed by atoms with Crippen LogP contribution >= 0.6 is 8.53 Å². The fourth-order valence-corrected chi connectivity index (χ4v) is 7.34. The standard InChI is InChI=1S/C38H51N2O6P/c1-29(2)40(30(3)4)47(45-26-12-25-39)46-28-32(14-11-13-31(5)41)27-44-38(33-15-9-8-10-16-33,34-17-21-36(42-6)22-18-34)35-19-23-37(43-7)24-20-35/h8-10,15-24,29-30,32H,11-14,26-28H2,1-7H3. The van der Waals surface area contributed by atoms with Crippen molar-refractivity contribution in [2.45, 2.75) is 78.0 Å². The predicted octanol–water partition coefficient (Wildman–Crippen LogP) is 8.68. The SMILES string of the molecule is COc1ccc(C(OCC(CCCC(C)=O)COP(OCCC#N)N(C(C)C)C(C)C)(c2ccccc2)c2ccc(OC)cc2)cc1. The average Bonchev–Trinajstić information content (AvgIpc) is 3.07. The third-order valence-corrected chi connectivity index (χ3v) is 10.0. The summed E-state index contributed by atoms with van der Waals surface area (Å²) in [6.07, 6.45) is 2.25. The highest BCUT2D eigenvalue weighted by molar-refractivity contribution is 7.44. The van der Waals surface area contributed by atoms with Gasteiger partial charge >= 0.3 is 0 Å². The van der Waals surface area contributed by atoms with E-state index in [9.17, 15) is 4.79 Å². The molecule has 9 heteroatoms. The Balaban J connectivity index is 2.04. The van der Waals surface area contributed by atoms with Gasteiger partial charge in [0, 0.05) is 24.4 Å². The van der Waals surface area contributed by atoms with Gasteiger partial charge in [-0.05, 0) is 88.4 Å². The quantitative estimate of drug-likeness (QED) is 0.0636. The number of benzene rings is 3. The van der Waals surface area contributed by atoms with Crippen molar-refractivity contribution in [2.75, 3.05) is 34.0 Å². The van der Waals surface area contributed by atoms with Crippen molar-refractivity contribution in [3.05, 3.63) is 95.6 Å². The molecule has 0 fully saturated rings. The summed E-state index contributed by atoms with van der Waals surface area (Å²) in [4.78, 5) is 11.9. The Hall–Kier alpha value is -3.31. The fraction of sp³-hybridized carbons (Fsp3) is 0.474. The lowest BCUT2D eigenvalue weighted by Gasteiger charge is -2.38. The summed E-state index contributed by atoms with van der Waals surface area (Å²) in [5.74, 6) is 1.63.